The number of unbranched alkanes of at least 4 members (excludes halogenated alkanes) is 6. The fourth-order valence-electron chi connectivity index (χ4n) is 13.0. The van der Waals surface area contributed by atoms with Crippen molar-refractivity contribution in [1.29, 1.82) is 0 Å². The number of esters is 1. The lowest BCUT2D eigenvalue weighted by molar-refractivity contribution is -0.156. The van der Waals surface area contributed by atoms with Crippen molar-refractivity contribution >= 4 is 159 Å². The van der Waals surface area contributed by atoms with Gasteiger partial charge in [-0.05, 0) is 88.7 Å². The molecule has 13 atom stereocenters. The average molecular weight is 1740 g/mol. The number of aromatic amines is 1. The maximum atomic E-state index is 15.2. The molecule has 121 heavy (non-hydrogen) atoms. The molecule has 0 bridgehead atoms. The Morgan fingerprint density at radius 3 is 1.93 bits per heavy atom. The van der Waals surface area contributed by atoms with Crippen LogP contribution in [0.3, 0.4) is 0 Å². The van der Waals surface area contributed by atoms with Gasteiger partial charge in [0.15, 0.2) is 23.1 Å². The number of ether oxygens (including phenoxy) is 3. The molecule has 2 aromatic carbocycles. The number of carbonyl (C=O) groups excluding carboxylic acids is 18. The highest BCUT2D eigenvalue weighted by Crippen LogP contribution is 2.33. The van der Waals surface area contributed by atoms with Crippen molar-refractivity contribution in [3.05, 3.63) is 63.3 Å². The summed E-state index contributed by atoms with van der Waals surface area (Å²) in [5, 5.41) is 57.3. The van der Waals surface area contributed by atoms with Crippen LogP contribution < -0.4 is 70.0 Å². The van der Waals surface area contributed by atoms with Gasteiger partial charge in [0.2, 0.25) is 65.0 Å². The van der Waals surface area contributed by atoms with E-state index >= 15 is 4.79 Å². The van der Waals surface area contributed by atoms with E-state index in [0.29, 0.717) is 35.7 Å². The number of hydrogen-bond acceptors (Lipinski definition) is 26. The van der Waals surface area contributed by atoms with Crippen molar-refractivity contribution in [3.63, 3.8) is 0 Å². The number of carboxylic acids is 2. The molecule has 4 rings (SSSR count). The summed E-state index contributed by atoms with van der Waals surface area (Å²) in [6.45, 7) is 3.56. The van der Waals surface area contributed by atoms with Crippen molar-refractivity contribution in [3.8, 4) is 0 Å². The summed E-state index contributed by atoms with van der Waals surface area (Å²) >= 11 is 13.0. The Hall–Kier alpha value is -11.5. The number of fused-ring (bicyclic) bond motifs is 1. The third-order valence-electron chi connectivity index (χ3n) is 19.6. The second kappa shape index (κ2) is 52.5. The lowest BCUT2D eigenvalue weighted by Crippen LogP contribution is -2.57. The molecule has 1 saturated heterocycles. The number of anilines is 1. The Bertz CT molecular complexity index is 4200. The van der Waals surface area contributed by atoms with Gasteiger partial charge in [0.05, 0.1) is 67.2 Å². The van der Waals surface area contributed by atoms with Crippen LogP contribution in [0, 0.1) is 30.6 Å². The number of aromatic nitrogens is 1. The van der Waals surface area contributed by atoms with Crippen LogP contribution in [0.2, 0.25) is 10.0 Å². The van der Waals surface area contributed by atoms with Crippen LogP contribution in [0.25, 0.3) is 10.9 Å². The maximum absolute atomic E-state index is 15.2. The molecular weight excluding hydrogens is 1630 g/mol. The monoisotopic (exact) mass is 1740 g/mol. The number of rotatable bonds is 41. The van der Waals surface area contributed by atoms with E-state index in [-0.39, 0.29) is 73.0 Å². The number of nitrogens with two attached hydrogens (primary N) is 2. The summed E-state index contributed by atoms with van der Waals surface area (Å²) in [6.07, 6.45) is -1.99. The number of carboxylic acid groups (broad SMARTS) is 2. The molecule has 11 amide bonds. The molecule has 0 saturated carbocycles. The highest BCUT2D eigenvalue weighted by atomic mass is 35.5. The smallest absolute Gasteiger partial charge is 0.329 e. The van der Waals surface area contributed by atoms with E-state index in [1.165, 1.54) is 13.0 Å². The lowest BCUT2D eigenvalue weighted by Gasteiger charge is -2.29. The van der Waals surface area contributed by atoms with Gasteiger partial charge in [-0.2, -0.15) is 0 Å². The Kier molecular flexibility index (Phi) is 44.2. The molecule has 42 heteroatoms. The summed E-state index contributed by atoms with van der Waals surface area (Å²) < 4.78 is 15.4. The zero-order valence-corrected chi connectivity index (χ0v) is 69.7. The summed E-state index contributed by atoms with van der Waals surface area (Å²) in [5.41, 5.74) is 13.2. The van der Waals surface area contributed by atoms with Crippen LogP contribution in [-0.4, -0.2) is 240 Å². The zero-order chi connectivity index (χ0) is 90.2. The number of hydrogen-bond donors (Lipinski definition) is 17. The minimum absolute atomic E-state index is 0.00244. The lowest BCUT2D eigenvalue weighted by atomic mass is 9.84. The number of aliphatic carboxylic acids is 2. The van der Waals surface area contributed by atoms with Crippen LogP contribution in [0.5, 0.6) is 0 Å². The third kappa shape index (κ3) is 35.0. The van der Waals surface area contributed by atoms with E-state index in [4.69, 9.17) is 48.9 Å². The maximum Gasteiger partial charge on any atom is 0.329 e. The SMILES string of the molecule is CCCCCCCCCC(=O)N[C@@H](Cc1c[nH]c2ccc(C)cc12)C(=O)N[C@H](CC(N)=O)C(=O)C[C@@H](CC(=O)O)C(=O)N[C@@H]1C(=O)NCC(=O)N[C@@H](CCCN)C(=O)C[C@@H](COC=O)C(=O)N[C@H](C)C(=O)N[C@@H](COC=O)C(=O)NCC(=O)N[C@H](CO)C(=O)C[C@@H]([C@H](C)CC(=O)O)C(=O)N[C@@H](CC(=O)c2cc(Cl)cc(Cl)c2NCCC)C(=O)O[C@@H]1C. The fourth-order valence-corrected chi connectivity index (χ4v) is 13.6. The van der Waals surface area contributed by atoms with E-state index in [1.54, 1.807) is 19.2 Å². The molecule has 40 nitrogen and oxygen atoms in total. The van der Waals surface area contributed by atoms with Crippen LogP contribution in [0.4, 0.5) is 5.69 Å². The van der Waals surface area contributed by atoms with Crippen LogP contribution in [-0.2, 0) is 112 Å². The summed E-state index contributed by atoms with van der Waals surface area (Å²) in [4.78, 5) is 279. The van der Waals surface area contributed by atoms with Crippen LogP contribution in [0.15, 0.2) is 36.5 Å². The molecule has 0 spiro atoms. The molecule has 1 fully saturated rings. The summed E-state index contributed by atoms with van der Waals surface area (Å²) in [6, 6.07) is -7.29. The largest absolute Gasteiger partial charge is 0.481 e. The van der Waals surface area contributed by atoms with Gasteiger partial charge in [-0.1, -0.05) is 94.1 Å². The van der Waals surface area contributed by atoms with Crippen molar-refractivity contribution in [1.82, 2.24) is 58.2 Å². The molecular formula is C79H110Cl2N14O26. The Morgan fingerprint density at radius 2 is 1.30 bits per heavy atom. The molecule has 1 aliphatic rings. The van der Waals surface area contributed by atoms with Crippen LogP contribution >= 0.6 is 23.2 Å². The van der Waals surface area contributed by atoms with Gasteiger partial charge in [-0.3, -0.25) is 91.1 Å². The number of benzene rings is 2. The quantitative estimate of drug-likeness (QED) is 0.0116. The Morgan fingerprint density at radius 1 is 0.669 bits per heavy atom. The first-order chi connectivity index (χ1) is 57.4. The first-order valence-corrected chi connectivity index (χ1v) is 40.3. The highest BCUT2D eigenvalue weighted by Gasteiger charge is 2.41. The van der Waals surface area contributed by atoms with E-state index < -0.39 is 262 Å². The predicted molar refractivity (Wildman–Crippen MR) is 432 cm³/mol. The molecule has 3 aromatic rings. The molecule has 0 aliphatic carbocycles. The van der Waals surface area contributed by atoms with Crippen LogP contribution in [0.1, 0.15) is 172 Å². The number of primary amides is 1. The van der Waals surface area contributed by atoms with Crippen molar-refractivity contribution in [2.75, 3.05) is 51.3 Å². The molecule has 1 aliphatic heterocycles. The number of H-pyrrole nitrogens is 1. The number of nitrogens with one attached hydrogen (secondary N) is 12. The number of ketones is 4. The number of cyclic esters (lactones) is 1. The fraction of sp³-hybridized carbons (Fsp3) is 0.570. The number of carbonyl (C=O) groups is 20. The van der Waals surface area contributed by atoms with E-state index in [2.05, 4.69) is 70.4 Å². The van der Waals surface area contributed by atoms with Gasteiger partial charge in [0, 0.05) is 85.1 Å². The van der Waals surface area contributed by atoms with E-state index in [9.17, 15) is 106 Å². The second-order valence-corrected chi connectivity index (χ2v) is 30.3. The normalized spacial score (nSPS) is 20.8. The van der Waals surface area contributed by atoms with Gasteiger partial charge >= 0.3 is 17.9 Å². The van der Waals surface area contributed by atoms with Crippen molar-refractivity contribution in [2.45, 2.75) is 218 Å². The number of Topliss-reactive ketones (excluding diaryl/α,β-unsaturated/α-hetero) is 4. The van der Waals surface area contributed by atoms with Crippen molar-refractivity contribution in [2.24, 2.45) is 35.1 Å². The first kappa shape index (κ1) is 102. The minimum atomic E-state index is -2.39. The van der Waals surface area contributed by atoms with E-state index in [1.807, 2.05) is 19.1 Å². The zero-order valence-electron chi connectivity index (χ0n) is 68.2. The molecule has 1 aromatic heterocycles. The summed E-state index contributed by atoms with van der Waals surface area (Å²) in [5.74, 6) is -29.6. The van der Waals surface area contributed by atoms with Gasteiger partial charge in [-0.25, -0.2) is 4.79 Å². The first-order valence-electron chi connectivity index (χ1n) is 39.6. The number of amides is 11. The van der Waals surface area contributed by atoms with Gasteiger partial charge < -0.3 is 104 Å². The Labute approximate surface area is 706 Å². The second-order valence-electron chi connectivity index (χ2n) is 29.5. The molecule has 0 radical (unpaired) electrons. The topological polar surface area (TPSA) is 630 Å². The van der Waals surface area contributed by atoms with Crippen molar-refractivity contribution < 1.29 is 125 Å². The molecule has 666 valence electrons. The van der Waals surface area contributed by atoms with Gasteiger partial charge in [0.25, 0.3) is 12.9 Å². The van der Waals surface area contributed by atoms with Gasteiger partial charge in [0.1, 0.15) is 55.6 Å². The number of aryl methyl sites for hydroxylation is 1. The number of aliphatic hydroxyl groups is 1. The average Bonchev–Trinajstić information content (AvgIpc) is 1.79. The van der Waals surface area contributed by atoms with E-state index in [0.717, 1.165) is 57.6 Å². The highest BCUT2D eigenvalue weighted by molar-refractivity contribution is 6.37. The Balaban J connectivity index is 1.93. The molecule has 0 unspecified atom stereocenters. The predicted octanol–water partition coefficient (Wildman–Crippen LogP) is -0.0985. The number of aliphatic hydroxyl groups excluding tert-OH is 1. The third-order valence-corrected chi connectivity index (χ3v) is 20.1. The number of halogens is 2. The minimum Gasteiger partial charge on any atom is -0.481 e. The summed E-state index contributed by atoms with van der Waals surface area (Å²) in [7, 11) is 0. The molecule has 2 heterocycles. The van der Waals surface area contributed by atoms with Gasteiger partial charge in [-0.15, -0.1) is 0 Å². The standard InChI is InChI=1S/C79H110Cl2N14O26/c1-7-9-10-11-12-13-14-17-65(104)90-56(24-46-33-85-53-19-18-41(3)22-50(46)53)77(116)92-55(32-64(83)103)62(101)25-45(27-69(109)110)73(112)95-70-44(6)121-79(118)57(31-60(99)51-28-48(80)29-52(81)71(51)84-21-8-2)93-75(114)49(42(4)23-68(107)108)30-63(102)58(36-96)91-67(106)34-86-76(115)59(38-120-40-98)94-72(111)43(5)88-74(113)47(37-119-39-97)26-61(100)54(16-15-20-82)89-66(105)35-87-78(70)117/h18-19,22,28-29,33,39-40,42-45,47,49,54-59,70,84-85,96H,7-17,20-21,23-27,30-32,34-38,82H2,1-6H3,(H2,83,103)(H,86,115)(H,87,117)(H,88,113)(H,89,105)(H,90,104)(H,91,106)(H,92,116)(H,93,114)(H,94,111)(H,95,112)(H,107,108)(H,109,110)/t42-,43-,44-,45+,47+,49+,54+,55-,56+,57+,58-,59+,70+/m1/s1. The molecule has 19 N–H and O–H groups in total.